The third-order valence-corrected chi connectivity index (χ3v) is 3.45. The van der Waals surface area contributed by atoms with Crippen LogP contribution in [0.5, 0.6) is 0 Å². The Morgan fingerprint density at radius 2 is 2.00 bits per heavy atom. The lowest BCUT2D eigenvalue weighted by Gasteiger charge is -2.26. The molecule has 2 N–H and O–H groups in total. The summed E-state index contributed by atoms with van der Waals surface area (Å²) in [5.74, 6) is 0. The van der Waals surface area contributed by atoms with Gasteiger partial charge < -0.3 is 15.1 Å². The third kappa shape index (κ3) is 2.52. The summed E-state index contributed by atoms with van der Waals surface area (Å²) in [5, 5.41) is 19.0. The second-order valence-corrected chi connectivity index (χ2v) is 5.32. The molecule has 102 valence electrons. The molecule has 0 aromatic heterocycles. The molecule has 0 bridgehead atoms. The minimum absolute atomic E-state index is 0.0830. The highest BCUT2D eigenvalue weighted by Gasteiger charge is 2.42. The Bertz CT molecular complexity index is 352. The van der Waals surface area contributed by atoms with Gasteiger partial charge in [-0.15, -0.1) is 0 Å². The topological polar surface area (TPSA) is 64.0 Å². The fourth-order valence-corrected chi connectivity index (χ4v) is 2.79. The first kappa shape index (κ1) is 13.4. The van der Waals surface area contributed by atoms with Crippen molar-refractivity contribution in [3.8, 4) is 0 Å². The number of allylic oxidation sites excluding steroid dienone is 1. The summed E-state index contributed by atoms with van der Waals surface area (Å²) in [7, 11) is 0. The average Bonchev–Trinajstić information content (AvgIpc) is 2.54. The van der Waals surface area contributed by atoms with Gasteiger partial charge in [-0.05, 0) is 33.1 Å². The number of fused-ring (bicyclic) bond motifs is 1. The van der Waals surface area contributed by atoms with Crippen LogP contribution < -0.4 is 0 Å². The Hall–Kier alpha value is -1.07. The van der Waals surface area contributed by atoms with Crippen LogP contribution in [0.3, 0.4) is 0 Å². The molecule has 5 nitrogen and oxygen atoms in total. The first-order valence-corrected chi connectivity index (χ1v) is 6.65. The van der Waals surface area contributed by atoms with E-state index in [9.17, 15) is 15.0 Å². The summed E-state index contributed by atoms with van der Waals surface area (Å²) in [6, 6.07) is -0.00505. The summed E-state index contributed by atoms with van der Waals surface area (Å²) < 4.78 is 0. The first-order valence-electron chi connectivity index (χ1n) is 6.65. The number of β-amino-alcohol motifs (C(OH)–C–C–N with tert-alkyl or cyclic N) is 2. The largest absolute Gasteiger partial charge is 0.392 e. The Morgan fingerprint density at radius 3 is 2.61 bits per heavy atom. The fourth-order valence-electron chi connectivity index (χ4n) is 2.79. The van der Waals surface area contributed by atoms with Crippen molar-refractivity contribution in [3.05, 3.63) is 11.8 Å². The van der Waals surface area contributed by atoms with Crippen LogP contribution in [0, 0.1) is 0 Å². The monoisotopic (exact) mass is 254 g/mol. The zero-order valence-electron chi connectivity index (χ0n) is 11.0. The average molecular weight is 254 g/mol. The predicted octanol–water partition coefficient (Wildman–Crippen LogP) is 0.922. The molecule has 3 atom stereocenters. The molecule has 2 aliphatic rings. The number of carbonyl (C=O) groups excluding carboxylic acids is 1. The molecule has 0 radical (unpaired) electrons. The van der Waals surface area contributed by atoms with Gasteiger partial charge in [0.25, 0.3) is 0 Å². The van der Waals surface area contributed by atoms with Crippen molar-refractivity contribution in [2.24, 2.45) is 0 Å². The SMILES string of the molecule is CC(O)CN1C(=O)N(CC(C)O)C2CCCC=C21. The molecule has 0 saturated carbocycles. The van der Waals surface area contributed by atoms with Gasteiger partial charge in [-0.25, -0.2) is 4.79 Å². The Labute approximate surface area is 108 Å². The van der Waals surface area contributed by atoms with E-state index in [1.165, 1.54) is 0 Å². The zero-order valence-corrected chi connectivity index (χ0v) is 11.0. The van der Waals surface area contributed by atoms with E-state index in [0.717, 1.165) is 25.0 Å². The summed E-state index contributed by atoms with van der Waals surface area (Å²) in [6.07, 6.45) is 4.03. The molecule has 5 heteroatoms. The van der Waals surface area contributed by atoms with Crippen molar-refractivity contribution in [1.29, 1.82) is 0 Å². The number of hydrogen-bond donors (Lipinski definition) is 2. The van der Waals surface area contributed by atoms with Crippen LogP contribution in [-0.4, -0.2) is 57.4 Å². The molecular formula is C13H22N2O3. The number of nitrogens with zero attached hydrogens (tertiary/aromatic N) is 2. The molecular weight excluding hydrogens is 232 g/mol. The highest BCUT2D eigenvalue weighted by atomic mass is 16.3. The molecule has 3 unspecified atom stereocenters. The molecule has 2 rings (SSSR count). The number of carbonyl (C=O) groups is 1. The van der Waals surface area contributed by atoms with Gasteiger partial charge in [0.1, 0.15) is 0 Å². The maximum absolute atomic E-state index is 12.3. The van der Waals surface area contributed by atoms with Crippen LogP contribution in [0.15, 0.2) is 11.8 Å². The Morgan fingerprint density at radius 1 is 1.33 bits per heavy atom. The van der Waals surface area contributed by atoms with E-state index in [0.29, 0.717) is 13.1 Å². The van der Waals surface area contributed by atoms with Crippen LogP contribution in [0.2, 0.25) is 0 Å². The molecule has 1 heterocycles. The Kier molecular flexibility index (Phi) is 3.92. The van der Waals surface area contributed by atoms with Crippen LogP contribution in [-0.2, 0) is 0 Å². The van der Waals surface area contributed by atoms with Gasteiger partial charge >= 0.3 is 6.03 Å². The summed E-state index contributed by atoms with van der Waals surface area (Å²) >= 11 is 0. The van der Waals surface area contributed by atoms with Gasteiger partial charge in [-0.3, -0.25) is 4.90 Å². The maximum atomic E-state index is 12.3. The molecule has 2 amide bonds. The summed E-state index contributed by atoms with van der Waals surface area (Å²) in [6.45, 7) is 4.06. The number of aliphatic hydroxyl groups is 2. The number of rotatable bonds is 4. The van der Waals surface area contributed by atoms with Crippen LogP contribution >= 0.6 is 0 Å². The van der Waals surface area contributed by atoms with Crippen molar-refractivity contribution >= 4 is 6.03 Å². The van der Waals surface area contributed by atoms with Gasteiger partial charge in [0.05, 0.1) is 24.8 Å². The molecule has 1 saturated heterocycles. The lowest BCUT2D eigenvalue weighted by Crippen LogP contribution is -2.40. The molecule has 1 aliphatic heterocycles. The molecule has 0 spiro atoms. The lowest BCUT2D eigenvalue weighted by molar-refractivity contribution is 0.119. The molecule has 1 fully saturated rings. The van der Waals surface area contributed by atoms with Crippen LogP contribution in [0.4, 0.5) is 4.79 Å². The van der Waals surface area contributed by atoms with E-state index >= 15 is 0 Å². The number of amides is 2. The molecule has 0 aromatic carbocycles. The Balaban J connectivity index is 2.21. The number of hydrogen-bond acceptors (Lipinski definition) is 3. The van der Waals surface area contributed by atoms with Gasteiger partial charge in [0, 0.05) is 12.2 Å². The second kappa shape index (κ2) is 5.28. The van der Waals surface area contributed by atoms with E-state index in [2.05, 4.69) is 6.08 Å². The van der Waals surface area contributed by atoms with Gasteiger partial charge in [-0.2, -0.15) is 0 Å². The molecule has 1 aliphatic carbocycles. The maximum Gasteiger partial charge on any atom is 0.325 e. The zero-order chi connectivity index (χ0) is 13.3. The fraction of sp³-hybridized carbons (Fsp3) is 0.769. The van der Waals surface area contributed by atoms with Crippen molar-refractivity contribution in [2.75, 3.05) is 13.1 Å². The smallest absolute Gasteiger partial charge is 0.325 e. The van der Waals surface area contributed by atoms with Crippen LogP contribution in [0.1, 0.15) is 33.1 Å². The predicted molar refractivity (Wildman–Crippen MR) is 67.9 cm³/mol. The third-order valence-electron chi connectivity index (χ3n) is 3.45. The first-order chi connectivity index (χ1) is 8.50. The van der Waals surface area contributed by atoms with Gasteiger partial charge in [-0.1, -0.05) is 6.08 Å². The van der Waals surface area contributed by atoms with E-state index in [4.69, 9.17) is 0 Å². The number of aliphatic hydroxyl groups excluding tert-OH is 2. The van der Waals surface area contributed by atoms with Crippen molar-refractivity contribution in [1.82, 2.24) is 9.80 Å². The highest BCUT2D eigenvalue weighted by Crippen LogP contribution is 2.33. The van der Waals surface area contributed by atoms with Crippen molar-refractivity contribution in [3.63, 3.8) is 0 Å². The summed E-state index contributed by atoms with van der Waals surface area (Å²) in [4.78, 5) is 15.7. The van der Waals surface area contributed by atoms with E-state index in [-0.39, 0.29) is 12.1 Å². The molecule has 18 heavy (non-hydrogen) atoms. The minimum Gasteiger partial charge on any atom is -0.392 e. The van der Waals surface area contributed by atoms with Crippen molar-refractivity contribution < 1.29 is 15.0 Å². The van der Waals surface area contributed by atoms with E-state index < -0.39 is 12.2 Å². The number of urea groups is 1. The summed E-state index contributed by atoms with van der Waals surface area (Å²) in [5.41, 5.74) is 1.01. The lowest BCUT2D eigenvalue weighted by atomic mass is 9.98. The minimum atomic E-state index is -0.538. The molecule has 0 aromatic rings. The van der Waals surface area contributed by atoms with Gasteiger partial charge in [0.2, 0.25) is 0 Å². The van der Waals surface area contributed by atoms with Crippen molar-refractivity contribution in [2.45, 2.75) is 51.4 Å². The van der Waals surface area contributed by atoms with Gasteiger partial charge in [0.15, 0.2) is 0 Å². The van der Waals surface area contributed by atoms with E-state index in [1.807, 2.05) is 0 Å². The quantitative estimate of drug-likeness (QED) is 0.784. The highest BCUT2D eigenvalue weighted by molar-refractivity contribution is 5.81. The van der Waals surface area contributed by atoms with E-state index in [1.54, 1.807) is 23.6 Å². The standard InChI is InChI=1S/C13H22N2O3/c1-9(16)7-14-11-5-3-4-6-12(11)15(13(14)18)8-10(2)17/h5,9-10,12,16-17H,3-4,6-8H2,1-2H3. The second-order valence-electron chi connectivity index (χ2n) is 5.32. The van der Waals surface area contributed by atoms with Crippen LogP contribution in [0.25, 0.3) is 0 Å². The normalized spacial score (nSPS) is 27.0.